The number of aromatic nitrogens is 1. The number of carbonyl (C=O) groups is 1. The number of nitrogens with zero attached hydrogens (tertiary/aromatic N) is 1. The summed E-state index contributed by atoms with van der Waals surface area (Å²) in [5, 5.41) is 9.95. The van der Waals surface area contributed by atoms with Gasteiger partial charge in [0.15, 0.2) is 0 Å². The van der Waals surface area contributed by atoms with Gasteiger partial charge >= 0.3 is 5.97 Å². The molecule has 0 aliphatic heterocycles. The fraction of sp³-hybridized carbons (Fsp3) is 0.111. The summed E-state index contributed by atoms with van der Waals surface area (Å²) in [6, 6.07) is 17.1. The highest BCUT2D eigenvalue weighted by Crippen LogP contribution is 2.33. The van der Waals surface area contributed by atoms with Crippen LogP contribution in [0.1, 0.15) is 23.0 Å². The van der Waals surface area contributed by atoms with Crippen molar-refractivity contribution in [1.82, 2.24) is 4.98 Å². The number of ether oxygens (including phenoxy) is 1. The van der Waals surface area contributed by atoms with E-state index in [4.69, 9.17) is 10.00 Å². The average molecular weight is 290 g/mol. The minimum atomic E-state index is -0.393. The van der Waals surface area contributed by atoms with Crippen LogP contribution in [0.25, 0.3) is 22.0 Å². The van der Waals surface area contributed by atoms with E-state index < -0.39 is 5.97 Å². The highest BCUT2D eigenvalue weighted by Gasteiger charge is 2.20. The molecule has 108 valence electrons. The van der Waals surface area contributed by atoms with Gasteiger partial charge in [-0.05, 0) is 30.7 Å². The van der Waals surface area contributed by atoms with Gasteiger partial charge in [-0.25, -0.2) is 4.79 Å². The predicted molar refractivity (Wildman–Crippen MR) is 84.4 cm³/mol. The lowest BCUT2D eigenvalue weighted by molar-refractivity contribution is 0.0521. The van der Waals surface area contributed by atoms with E-state index in [0.29, 0.717) is 17.9 Å². The Morgan fingerprint density at radius 3 is 2.68 bits per heavy atom. The summed E-state index contributed by atoms with van der Waals surface area (Å²) >= 11 is 0. The van der Waals surface area contributed by atoms with E-state index in [2.05, 4.69) is 11.1 Å². The number of fused-ring (bicyclic) bond motifs is 1. The maximum absolute atomic E-state index is 12.2. The van der Waals surface area contributed by atoms with Crippen molar-refractivity contribution in [3.63, 3.8) is 0 Å². The molecule has 0 aliphatic rings. The summed E-state index contributed by atoms with van der Waals surface area (Å²) in [5.74, 6) is -0.393. The number of nitriles is 1. The lowest BCUT2D eigenvalue weighted by atomic mass is 10.0. The molecular weight excluding hydrogens is 276 g/mol. The first-order valence-corrected chi connectivity index (χ1v) is 7.03. The molecule has 0 aliphatic carbocycles. The number of carbonyl (C=O) groups excluding carboxylic acids is 1. The van der Waals surface area contributed by atoms with Gasteiger partial charge in [0.2, 0.25) is 0 Å². The van der Waals surface area contributed by atoms with Crippen LogP contribution in [0.3, 0.4) is 0 Å². The van der Waals surface area contributed by atoms with Gasteiger partial charge in [0.25, 0.3) is 0 Å². The van der Waals surface area contributed by atoms with Gasteiger partial charge in [0.05, 0.1) is 18.2 Å². The number of nitrogens with one attached hydrogen (secondary N) is 1. The third-order valence-corrected chi connectivity index (χ3v) is 3.47. The number of rotatable bonds is 3. The Labute approximate surface area is 128 Å². The minimum Gasteiger partial charge on any atom is -0.461 e. The van der Waals surface area contributed by atoms with E-state index in [1.54, 1.807) is 19.1 Å². The van der Waals surface area contributed by atoms with Crippen LogP contribution < -0.4 is 0 Å². The van der Waals surface area contributed by atoms with Gasteiger partial charge in [-0.1, -0.05) is 30.3 Å². The van der Waals surface area contributed by atoms with Crippen LogP contribution in [-0.2, 0) is 4.74 Å². The Kier molecular flexibility index (Phi) is 3.63. The van der Waals surface area contributed by atoms with Crippen LogP contribution in [0, 0.1) is 11.3 Å². The topological polar surface area (TPSA) is 65.9 Å². The SMILES string of the molecule is CCOC(=O)c1[nH]c2ccc(C#N)cc2c1-c1ccccc1. The Balaban J connectivity index is 2.31. The van der Waals surface area contributed by atoms with Crippen molar-refractivity contribution in [2.24, 2.45) is 0 Å². The molecule has 4 nitrogen and oxygen atoms in total. The maximum atomic E-state index is 12.2. The minimum absolute atomic E-state index is 0.311. The van der Waals surface area contributed by atoms with Gasteiger partial charge in [0, 0.05) is 16.5 Å². The number of aromatic amines is 1. The van der Waals surface area contributed by atoms with Crippen molar-refractivity contribution < 1.29 is 9.53 Å². The van der Waals surface area contributed by atoms with Crippen LogP contribution in [0.2, 0.25) is 0 Å². The normalized spacial score (nSPS) is 10.4. The second kappa shape index (κ2) is 5.74. The van der Waals surface area contributed by atoms with Crippen LogP contribution in [0.15, 0.2) is 48.5 Å². The highest BCUT2D eigenvalue weighted by atomic mass is 16.5. The molecule has 0 bridgehead atoms. The molecule has 0 saturated heterocycles. The van der Waals surface area contributed by atoms with Crippen LogP contribution >= 0.6 is 0 Å². The van der Waals surface area contributed by atoms with E-state index >= 15 is 0 Å². The van der Waals surface area contributed by atoms with Crippen molar-refractivity contribution in [3.8, 4) is 17.2 Å². The van der Waals surface area contributed by atoms with Crippen molar-refractivity contribution in [2.45, 2.75) is 6.92 Å². The quantitative estimate of drug-likeness (QED) is 0.744. The number of hydrogen-bond donors (Lipinski definition) is 1. The summed E-state index contributed by atoms with van der Waals surface area (Å²) in [4.78, 5) is 15.4. The molecule has 0 unspecified atom stereocenters. The Morgan fingerprint density at radius 2 is 2.00 bits per heavy atom. The zero-order valence-electron chi connectivity index (χ0n) is 12.1. The largest absolute Gasteiger partial charge is 0.461 e. The van der Waals surface area contributed by atoms with Crippen molar-refractivity contribution in [3.05, 3.63) is 59.8 Å². The third-order valence-electron chi connectivity index (χ3n) is 3.47. The highest BCUT2D eigenvalue weighted by molar-refractivity contribution is 6.08. The number of H-pyrrole nitrogens is 1. The number of esters is 1. The van der Waals surface area contributed by atoms with Crippen molar-refractivity contribution >= 4 is 16.9 Å². The molecular formula is C18H14N2O2. The fourth-order valence-corrected chi connectivity index (χ4v) is 2.52. The van der Waals surface area contributed by atoms with Gasteiger partial charge in [-0.3, -0.25) is 0 Å². The summed E-state index contributed by atoms with van der Waals surface area (Å²) in [6.45, 7) is 2.09. The molecule has 1 aromatic heterocycles. The standard InChI is InChI=1S/C18H14N2O2/c1-2-22-18(21)17-16(13-6-4-3-5-7-13)14-10-12(11-19)8-9-15(14)20-17/h3-10,20H,2H2,1H3. The Bertz CT molecular complexity index is 873. The van der Waals surface area contributed by atoms with E-state index in [0.717, 1.165) is 22.0 Å². The lowest BCUT2D eigenvalue weighted by Crippen LogP contribution is -2.06. The number of hydrogen-bond acceptors (Lipinski definition) is 3. The molecule has 0 radical (unpaired) electrons. The molecule has 0 saturated carbocycles. The van der Waals surface area contributed by atoms with Crippen LogP contribution in [-0.4, -0.2) is 17.6 Å². The first-order chi connectivity index (χ1) is 10.7. The molecule has 1 N–H and O–H groups in total. The summed E-state index contributed by atoms with van der Waals surface area (Å²) in [7, 11) is 0. The molecule has 1 heterocycles. The molecule has 0 fully saturated rings. The van der Waals surface area contributed by atoms with Gasteiger partial charge in [0.1, 0.15) is 5.69 Å². The van der Waals surface area contributed by atoms with Gasteiger partial charge in [-0.2, -0.15) is 5.26 Å². The molecule has 22 heavy (non-hydrogen) atoms. The second-order valence-corrected chi connectivity index (χ2v) is 4.83. The zero-order valence-corrected chi connectivity index (χ0v) is 12.1. The first kappa shape index (κ1) is 13.9. The maximum Gasteiger partial charge on any atom is 0.355 e. The van der Waals surface area contributed by atoms with Crippen LogP contribution in [0.4, 0.5) is 0 Å². The van der Waals surface area contributed by atoms with Gasteiger partial charge < -0.3 is 9.72 Å². The summed E-state index contributed by atoms with van der Waals surface area (Å²) < 4.78 is 5.14. The molecule has 0 amide bonds. The lowest BCUT2D eigenvalue weighted by Gasteiger charge is -2.05. The van der Waals surface area contributed by atoms with Crippen molar-refractivity contribution in [1.29, 1.82) is 5.26 Å². The summed E-state index contributed by atoms with van der Waals surface area (Å²) in [5.41, 5.74) is 3.45. The molecule has 2 aromatic carbocycles. The predicted octanol–water partition coefficient (Wildman–Crippen LogP) is 3.88. The average Bonchev–Trinajstić information content (AvgIpc) is 2.94. The molecule has 3 rings (SSSR count). The zero-order chi connectivity index (χ0) is 15.5. The third kappa shape index (κ3) is 2.33. The Morgan fingerprint density at radius 1 is 1.23 bits per heavy atom. The first-order valence-electron chi connectivity index (χ1n) is 7.03. The summed E-state index contributed by atoms with van der Waals surface area (Å²) in [6.07, 6.45) is 0. The van der Waals surface area contributed by atoms with E-state index in [-0.39, 0.29) is 0 Å². The van der Waals surface area contributed by atoms with Crippen molar-refractivity contribution in [2.75, 3.05) is 6.61 Å². The molecule has 0 spiro atoms. The van der Waals surface area contributed by atoms with E-state index in [1.165, 1.54) is 0 Å². The molecule has 0 atom stereocenters. The molecule has 4 heteroatoms. The van der Waals surface area contributed by atoms with E-state index in [9.17, 15) is 4.79 Å². The Hall–Kier alpha value is -3.06. The molecule has 3 aromatic rings. The smallest absolute Gasteiger partial charge is 0.355 e. The number of benzene rings is 2. The van der Waals surface area contributed by atoms with Gasteiger partial charge in [-0.15, -0.1) is 0 Å². The van der Waals surface area contributed by atoms with Crippen LogP contribution in [0.5, 0.6) is 0 Å². The monoisotopic (exact) mass is 290 g/mol. The second-order valence-electron chi connectivity index (χ2n) is 4.83. The van der Waals surface area contributed by atoms with E-state index in [1.807, 2.05) is 36.4 Å². The fourth-order valence-electron chi connectivity index (χ4n) is 2.52.